The lowest BCUT2D eigenvalue weighted by molar-refractivity contribution is 0.0935. The van der Waals surface area contributed by atoms with Crippen LogP contribution in [0.3, 0.4) is 0 Å². The average Bonchev–Trinajstić information content (AvgIpc) is 2.92. The van der Waals surface area contributed by atoms with Crippen molar-refractivity contribution in [2.45, 2.75) is 13.0 Å². The number of hydrogen-bond donors (Lipinski definition) is 2. The van der Waals surface area contributed by atoms with Gasteiger partial charge in [-0.1, -0.05) is 18.2 Å². The minimum Gasteiger partial charge on any atom is -0.459 e. The molecule has 0 spiro atoms. The van der Waals surface area contributed by atoms with Gasteiger partial charge in [0.25, 0.3) is 5.91 Å². The van der Waals surface area contributed by atoms with Gasteiger partial charge < -0.3 is 14.7 Å². The summed E-state index contributed by atoms with van der Waals surface area (Å²) in [5.41, 5.74) is 0.951. The van der Waals surface area contributed by atoms with Crippen molar-refractivity contribution in [1.82, 2.24) is 10.3 Å². The fourth-order valence-electron chi connectivity index (χ4n) is 2.12. The zero-order valence-corrected chi connectivity index (χ0v) is 11.4. The minimum absolute atomic E-state index is 0.239. The van der Waals surface area contributed by atoms with Crippen molar-refractivity contribution in [3.05, 3.63) is 70.3 Å². The number of rotatable bonds is 3. The molecule has 0 bridgehead atoms. The van der Waals surface area contributed by atoms with Crippen LogP contribution in [0, 0.1) is 0 Å². The summed E-state index contributed by atoms with van der Waals surface area (Å²) in [7, 11) is 0. The van der Waals surface area contributed by atoms with Gasteiger partial charge in [-0.25, -0.2) is 0 Å². The van der Waals surface area contributed by atoms with Crippen LogP contribution in [-0.2, 0) is 0 Å². The molecular weight excluding hydrogens is 268 g/mol. The maximum atomic E-state index is 12.1. The van der Waals surface area contributed by atoms with Crippen LogP contribution in [0.1, 0.15) is 29.1 Å². The van der Waals surface area contributed by atoms with E-state index in [2.05, 4.69) is 10.3 Å². The minimum atomic E-state index is -0.267. The number of amides is 1. The predicted molar refractivity (Wildman–Crippen MR) is 79.2 cm³/mol. The zero-order valence-electron chi connectivity index (χ0n) is 11.4. The molecular formula is C16H14N2O3. The van der Waals surface area contributed by atoms with Crippen LogP contribution < -0.4 is 10.9 Å². The summed E-state index contributed by atoms with van der Waals surface area (Å²) in [6.45, 7) is 1.85. The molecule has 0 radical (unpaired) electrons. The third kappa shape index (κ3) is 2.72. The van der Waals surface area contributed by atoms with Crippen LogP contribution in [-0.4, -0.2) is 10.9 Å². The molecule has 2 aromatic heterocycles. The molecule has 1 amide bonds. The third-order valence-electron chi connectivity index (χ3n) is 3.27. The van der Waals surface area contributed by atoms with Crippen molar-refractivity contribution < 1.29 is 9.21 Å². The normalized spacial score (nSPS) is 12.2. The molecule has 0 aliphatic rings. The maximum absolute atomic E-state index is 12.1. The Morgan fingerprint density at radius 1 is 1.24 bits per heavy atom. The first-order chi connectivity index (χ1) is 10.1. The van der Waals surface area contributed by atoms with Gasteiger partial charge in [-0.3, -0.25) is 9.59 Å². The van der Waals surface area contributed by atoms with E-state index in [1.165, 1.54) is 18.3 Å². The molecule has 106 valence electrons. The fourth-order valence-corrected chi connectivity index (χ4v) is 2.12. The quantitative estimate of drug-likeness (QED) is 0.775. The van der Waals surface area contributed by atoms with Gasteiger partial charge in [0.05, 0.1) is 11.6 Å². The van der Waals surface area contributed by atoms with Gasteiger partial charge in [0.2, 0.25) is 5.56 Å². The standard InChI is InChI=1S/C16H14N2O3/c1-10(14-8-11-4-2-3-5-13(11)21-14)18-16(20)12-6-7-15(19)17-9-12/h2-10H,1H3,(H,17,19)(H,18,20). The number of carbonyl (C=O) groups excluding carboxylic acids is 1. The molecule has 1 unspecified atom stereocenters. The van der Waals surface area contributed by atoms with E-state index in [0.717, 1.165) is 11.0 Å². The Labute approximate surface area is 120 Å². The number of aromatic nitrogens is 1. The van der Waals surface area contributed by atoms with Gasteiger partial charge in [0.1, 0.15) is 11.3 Å². The van der Waals surface area contributed by atoms with E-state index in [0.29, 0.717) is 11.3 Å². The second kappa shape index (κ2) is 5.28. The highest BCUT2D eigenvalue weighted by Crippen LogP contribution is 2.23. The smallest absolute Gasteiger partial charge is 0.253 e. The van der Waals surface area contributed by atoms with E-state index in [9.17, 15) is 9.59 Å². The number of pyridine rings is 1. The zero-order chi connectivity index (χ0) is 14.8. The number of benzene rings is 1. The summed E-state index contributed by atoms with van der Waals surface area (Å²) < 4.78 is 5.71. The lowest BCUT2D eigenvalue weighted by Gasteiger charge is -2.11. The summed E-state index contributed by atoms with van der Waals surface area (Å²) in [6.07, 6.45) is 1.39. The number of aromatic amines is 1. The maximum Gasteiger partial charge on any atom is 0.253 e. The van der Waals surface area contributed by atoms with Crippen LogP contribution >= 0.6 is 0 Å². The number of para-hydroxylation sites is 1. The monoisotopic (exact) mass is 282 g/mol. The van der Waals surface area contributed by atoms with Crippen molar-refractivity contribution in [2.24, 2.45) is 0 Å². The summed E-state index contributed by atoms with van der Waals surface area (Å²) in [6, 6.07) is 12.1. The summed E-state index contributed by atoms with van der Waals surface area (Å²) in [4.78, 5) is 25.5. The van der Waals surface area contributed by atoms with Crippen molar-refractivity contribution in [3.63, 3.8) is 0 Å². The first kappa shape index (κ1) is 13.2. The molecule has 2 heterocycles. The van der Waals surface area contributed by atoms with Crippen molar-refractivity contribution in [1.29, 1.82) is 0 Å². The first-order valence-corrected chi connectivity index (χ1v) is 6.61. The second-order valence-electron chi connectivity index (χ2n) is 4.82. The van der Waals surface area contributed by atoms with Crippen LogP contribution in [0.4, 0.5) is 0 Å². The number of furan rings is 1. The Hall–Kier alpha value is -2.82. The molecule has 5 heteroatoms. The van der Waals surface area contributed by atoms with Crippen molar-refractivity contribution in [2.75, 3.05) is 0 Å². The van der Waals surface area contributed by atoms with Crippen molar-refractivity contribution >= 4 is 16.9 Å². The lowest BCUT2D eigenvalue weighted by atomic mass is 10.2. The van der Waals surface area contributed by atoms with Crippen LogP contribution in [0.2, 0.25) is 0 Å². The van der Waals surface area contributed by atoms with Crippen molar-refractivity contribution in [3.8, 4) is 0 Å². The van der Waals surface area contributed by atoms with Gasteiger partial charge >= 0.3 is 0 Å². The molecule has 2 N–H and O–H groups in total. The average molecular weight is 282 g/mol. The molecule has 3 aromatic rings. The molecule has 21 heavy (non-hydrogen) atoms. The largest absolute Gasteiger partial charge is 0.459 e. The van der Waals surface area contributed by atoms with E-state index < -0.39 is 0 Å². The topological polar surface area (TPSA) is 75.1 Å². The van der Waals surface area contributed by atoms with E-state index in [1.54, 1.807) is 0 Å². The fraction of sp³-hybridized carbons (Fsp3) is 0.125. The Balaban J connectivity index is 1.79. The molecule has 0 aliphatic heterocycles. The number of nitrogens with one attached hydrogen (secondary N) is 2. The molecule has 1 atom stereocenters. The molecule has 1 aromatic carbocycles. The van der Waals surface area contributed by atoms with E-state index >= 15 is 0 Å². The highest BCUT2D eigenvalue weighted by Gasteiger charge is 2.15. The van der Waals surface area contributed by atoms with Gasteiger partial charge in [-0.05, 0) is 25.1 Å². The van der Waals surface area contributed by atoms with Gasteiger partial charge in [0, 0.05) is 17.6 Å². The summed E-state index contributed by atoms with van der Waals surface area (Å²) >= 11 is 0. The third-order valence-corrected chi connectivity index (χ3v) is 3.27. The molecule has 0 saturated carbocycles. The van der Waals surface area contributed by atoms with Gasteiger partial charge in [0.15, 0.2) is 0 Å². The molecule has 3 rings (SSSR count). The van der Waals surface area contributed by atoms with Gasteiger partial charge in [-0.2, -0.15) is 0 Å². The Morgan fingerprint density at radius 3 is 2.76 bits per heavy atom. The predicted octanol–water partition coefficient (Wildman–Crippen LogP) is 2.61. The SMILES string of the molecule is CC(NC(=O)c1ccc(=O)[nH]c1)c1cc2ccccc2o1. The number of carbonyl (C=O) groups is 1. The molecule has 5 nitrogen and oxygen atoms in total. The summed E-state index contributed by atoms with van der Waals surface area (Å²) in [5, 5.41) is 3.84. The number of fused-ring (bicyclic) bond motifs is 1. The van der Waals surface area contributed by atoms with E-state index in [4.69, 9.17) is 4.42 Å². The summed E-state index contributed by atoms with van der Waals surface area (Å²) in [5.74, 6) is 0.424. The number of H-pyrrole nitrogens is 1. The highest BCUT2D eigenvalue weighted by atomic mass is 16.3. The Bertz CT molecular complexity index is 794. The van der Waals surface area contributed by atoms with Gasteiger partial charge in [-0.15, -0.1) is 0 Å². The lowest BCUT2D eigenvalue weighted by Crippen LogP contribution is -2.27. The number of hydrogen-bond acceptors (Lipinski definition) is 3. The molecule has 0 aliphatic carbocycles. The second-order valence-corrected chi connectivity index (χ2v) is 4.82. The Morgan fingerprint density at radius 2 is 2.05 bits per heavy atom. The molecule has 0 saturated heterocycles. The van der Waals surface area contributed by atoms with Crippen LogP contribution in [0.5, 0.6) is 0 Å². The van der Waals surface area contributed by atoms with E-state index in [1.807, 2.05) is 37.3 Å². The van der Waals surface area contributed by atoms with E-state index in [-0.39, 0.29) is 17.5 Å². The van der Waals surface area contributed by atoms with Crippen LogP contribution in [0.15, 0.2) is 57.9 Å². The van der Waals surface area contributed by atoms with Crippen LogP contribution in [0.25, 0.3) is 11.0 Å². The first-order valence-electron chi connectivity index (χ1n) is 6.61. The Kier molecular flexibility index (Phi) is 3.31. The molecule has 0 fully saturated rings. The highest BCUT2D eigenvalue weighted by molar-refractivity contribution is 5.94.